The number of alkyl halides is 2. The molecular formula is C18H22F3N3O6S. The fourth-order valence-electron chi connectivity index (χ4n) is 2.52. The van der Waals surface area contributed by atoms with Crippen molar-refractivity contribution in [2.75, 3.05) is 19.0 Å². The Morgan fingerprint density at radius 1 is 1.26 bits per heavy atom. The fraction of sp³-hybridized carbons (Fsp3) is 0.444. The summed E-state index contributed by atoms with van der Waals surface area (Å²) in [6.07, 6.45) is -1.84. The first-order valence-corrected chi connectivity index (χ1v) is 10.8. The molecule has 172 valence electrons. The third-order valence-electron chi connectivity index (χ3n) is 3.99. The SMILES string of the molecule is C[C@@H](NS(=O)(=O)CCCOCn1cc(F)c(=O)[nH]c1=O)c1cccc(OCC(F)F)c1. The van der Waals surface area contributed by atoms with E-state index >= 15 is 0 Å². The number of rotatable bonds is 12. The number of nitrogens with zero attached hydrogens (tertiary/aromatic N) is 1. The summed E-state index contributed by atoms with van der Waals surface area (Å²) in [7, 11) is -3.70. The number of halogens is 3. The van der Waals surface area contributed by atoms with Gasteiger partial charge in [-0.15, -0.1) is 0 Å². The molecular weight excluding hydrogens is 443 g/mol. The Morgan fingerprint density at radius 2 is 2.00 bits per heavy atom. The molecule has 0 aliphatic heterocycles. The lowest BCUT2D eigenvalue weighted by molar-refractivity contribution is 0.0736. The van der Waals surface area contributed by atoms with E-state index in [0.717, 1.165) is 4.57 Å². The molecule has 1 aromatic heterocycles. The normalized spacial score (nSPS) is 12.8. The number of sulfonamides is 1. The maximum Gasteiger partial charge on any atom is 0.330 e. The molecule has 0 bridgehead atoms. The first-order chi connectivity index (χ1) is 14.6. The number of ether oxygens (including phenoxy) is 2. The molecule has 2 N–H and O–H groups in total. The fourth-order valence-corrected chi connectivity index (χ4v) is 3.81. The smallest absolute Gasteiger partial charge is 0.330 e. The Balaban J connectivity index is 1.81. The van der Waals surface area contributed by atoms with E-state index in [-0.39, 0.29) is 31.3 Å². The number of hydrogen-bond acceptors (Lipinski definition) is 6. The van der Waals surface area contributed by atoms with Crippen molar-refractivity contribution < 1.29 is 31.1 Å². The second kappa shape index (κ2) is 11.1. The number of aromatic amines is 1. The van der Waals surface area contributed by atoms with Gasteiger partial charge in [-0.1, -0.05) is 12.1 Å². The highest BCUT2D eigenvalue weighted by molar-refractivity contribution is 7.89. The molecule has 0 saturated carbocycles. The first-order valence-electron chi connectivity index (χ1n) is 9.15. The third kappa shape index (κ3) is 8.19. The molecule has 1 heterocycles. The molecule has 0 aliphatic carbocycles. The van der Waals surface area contributed by atoms with Gasteiger partial charge >= 0.3 is 5.69 Å². The van der Waals surface area contributed by atoms with Gasteiger partial charge in [0.1, 0.15) is 19.1 Å². The highest BCUT2D eigenvalue weighted by Crippen LogP contribution is 2.20. The van der Waals surface area contributed by atoms with Crippen LogP contribution < -0.4 is 20.7 Å². The van der Waals surface area contributed by atoms with Crippen molar-refractivity contribution in [3.63, 3.8) is 0 Å². The van der Waals surface area contributed by atoms with E-state index in [9.17, 15) is 31.2 Å². The minimum Gasteiger partial charge on any atom is -0.488 e. The van der Waals surface area contributed by atoms with Crippen molar-refractivity contribution in [1.29, 1.82) is 0 Å². The lowest BCUT2D eigenvalue weighted by atomic mass is 10.1. The first kappa shape index (κ1) is 24.6. The molecule has 1 atom stereocenters. The summed E-state index contributed by atoms with van der Waals surface area (Å²) in [5.41, 5.74) is -1.46. The average molecular weight is 465 g/mol. The maximum atomic E-state index is 13.2. The molecule has 0 spiro atoms. The Labute approximate surface area is 175 Å². The molecule has 0 radical (unpaired) electrons. The van der Waals surface area contributed by atoms with Crippen LogP contribution in [-0.2, 0) is 21.5 Å². The van der Waals surface area contributed by atoms with Gasteiger partial charge in [-0.3, -0.25) is 14.3 Å². The zero-order valence-electron chi connectivity index (χ0n) is 16.5. The van der Waals surface area contributed by atoms with Crippen LogP contribution in [0.1, 0.15) is 24.9 Å². The highest BCUT2D eigenvalue weighted by Gasteiger charge is 2.16. The summed E-state index contributed by atoms with van der Waals surface area (Å²) in [5.74, 6) is -1.23. The molecule has 1 aromatic carbocycles. The number of aromatic nitrogens is 2. The van der Waals surface area contributed by atoms with Crippen LogP contribution in [0.2, 0.25) is 0 Å². The summed E-state index contributed by atoms with van der Waals surface area (Å²) >= 11 is 0. The standard InChI is InChI=1S/C18H22F3N3O6S/c1-12(13-4-2-5-14(8-13)30-10-16(20)21)23-31(27,28)7-3-6-29-11-24-9-15(19)17(25)22-18(24)26/h2,4-5,8-9,12,16,23H,3,6-7,10-11H2,1H3,(H,22,25,26)/t12-/m1/s1. The lowest BCUT2D eigenvalue weighted by Gasteiger charge is -2.16. The van der Waals surface area contributed by atoms with Gasteiger partial charge in [0, 0.05) is 12.6 Å². The second-order valence-corrected chi connectivity index (χ2v) is 8.40. The zero-order valence-corrected chi connectivity index (χ0v) is 17.3. The molecule has 0 saturated heterocycles. The highest BCUT2D eigenvalue weighted by atomic mass is 32.2. The van der Waals surface area contributed by atoms with E-state index in [1.807, 2.05) is 0 Å². The van der Waals surface area contributed by atoms with E-state index in [0.29, 0.717) is 11.8 Å². The van der Waals surface area contributed by atoms with Crippen molar-refractivity contribution in [3.8, 4) is 5.75 Å². The molecule has 0 amide bonds. The second-order valence-electron chi connectivity index (χ2n) is 6.53. The number of nitrogens with one attached hydrogen (secondary N) is 2. The van der Waals surface area contributed by atoms with E-state index in [1.54, 1.807) is 24.0 Å². The van der Waals surface area contributed by atoms with Gasteiger partial charge in [0.15, 0.2) is 0 Å². The summed E-state index contributed by atoms with van der Waals surface area (Å²) < 4.78 is 75.5. The van der Waals surface area contributed by atoms with Crippen molar-refractivity contribution in [1.82, 2.24) is 14.3 Å². The van der Waals surface area contributed by atoms with Crippen LogP contribution in [-0.4, -0.2) is 43.4 Å². The van der Waals surface area contributed by atoms with Gasteiger partial charge in [0.2, 0.25) is 15.8 Å². The van der Waals surface area contributed by atoms with Gasteiger partial charge in [0.25, 0.3) is 12.0 Å². The predicted octanol–water partition coefficient (Wildman–Crippen LogP) is 1.36. The predicted molar refractivity (Wildman–Crippen MR) is 105 cm³/mol. The van der Waals surface area contributed by atoms with Crippen LogP contribution >= 0.6 is 0 Å². The van der Waals surface area contributed by atoms with Gasteiger partial charge in [-0.2, -0.15) is 4.39 Å². The minimum absolute atomic E-state index is 0.0422. The zero-order chi connectivity index (χ0) is 23.0. The van der Waals surface area contributed by atoms with E-state index in [1.165, 1.54) is 12.1 Å². The monoisotopic (exact) mass is 465 g/mol. The molecule has 31 heavy (non-hydrogen) atoms. The third-order valence-corrected chi connectivity index (χ3v) is 5.53. The minimum atomic E-state index is -3.70. The molecule has 0 unspecified atom stereocenters. The quantitative estimate of drug-likeness (QED) is 0.457. The Hall–Kier alpha value is -2.64. The van der Waals surface area contributed by atoms with Crippen LogP contribution in [0.3, 0.4) is 0 Å². The topological polar surface area (TPSA) is 119 Å². The van der Waals surface area contributed by atoms with Crippen molar-refractivity contribution >= 4 is 10.0 Å². The largest absolute Gasteiger partial charge is 0.488 e. The average Bonchev–Trinajstić information content (AvgIpc) is 2.69. The number of benzene rings is 1. The van der Waals surface area contributed by atoms with Crippen LogP contribution in [0.5, 0.6) is 5.75 Å². The molecule has 2 rings (SSSR count). The lowest BCUT2D eigenvalue weighted by Crippen LogP contribution is -2.32. The van der Waals surface area contributed by atoms with Crippen molar-refractivity contribution in [2.45, 2.75) is 32.5 Å². The molecule has 0 fully saturated rings. The van der Waals surface area contributed by atoms with Gasteiger partial charge in [-0.05, 0) is 31.0 Å². The van der Waals surface area contributed by atoms with Gasteiger partial charge in [0.05, 0.1) is 11.9 Å². The van der Waals surface area contributed by atoms with Crippen LogP contribution in [0.25, 0.3) is 0 Å². The Kier molecular flexibility index (Phi) is 8.83. The summed E-state index contributed by atoms with van der Waals surface area (Å²) in [4.78, 5) is 24.2. The van der Waals surface area contributed by atoms with Crippen LogP contribution in [0.15, 0.2) is 40.1 Å². The van der Waals surface area contributed by atoms with Gasteiger partial charge in [-0.25, -0.2) is 26.7 Å². The molecule has 9 nitrogen and oxygen atoms in total. The summed E-state index contributed by atoms with van der Waals surface area (Å²) in [6, 6.07) is 5.52. The number of H-pyrrole nitrogens is 1. The molecule has 2 aromatic rings. The van der Waals surface area contributed by atoms with Gasteiger partial charge < -0.3 is 9.47 Å². The summed E-state index contributed by atoms with van der Waals surface area (Å²) in [6.45, 7) is 0.431. The molecule has 13 heteroatoms. The summed E-state index contributed by atoms with van der Waals surface area (Å²) in [5, 5.41) is 0. The van der Waals surface area contributed by atoms with Crippen LogP contribution in [0, 0.1) is 5.82 Å². The van der Waals surface area contributed by atoms with Crippen molar-refractivity contribution in [3.05, 3.63) is 62.7 Å². The Morgan fingerprint density at radius 3 is 2.71 bits per heavy atom. The maximum absolute atomic E-state index is 13.2. The van der Waals surface area contributed by atoms with E-state index in [2.05, 4.69) is 4.72 Å². The van der Waals surface area contributed by atoms with Crippen LogP contribution in [0.4, 0.5) is 13.2 Å². The van der Waals surface area contributed by atoms with Crippen molar-refractivity contribution in [2.24, 2.45) is 0 Å². The Bertz CT molecular complexity index is 1090. The molecule has 0 aliphatic rings. The van der Waals surface area contributed by atoms with E-state index < -0.39 is 46.2 Å². The number of hydrogen-bond donors (Lipinski definition) is 2. The van der Waals surface area contributed by atoms with E-state index in [4.69, 9.17) is 9.47 Å².